The number of carbonyl (C=O) groups is 1. The van der Waals surface area contributed by atoms with Crippen LogP contribution in [0.2, 0.25) is 0 Å². The zero-order chi connectivity index (χ0) is 17.0. The third-order valence-corrected chi connectivity index (χ3v) is 3.57. The van der Waals surface area contributed by atoms with Crippen LogP contribution in [0, 0.1) is 5.82 Å². The Bertz CT molecular complexity index is 563. The van der Waals surface area contributed by atoms with Crippen molar-refractivity contribution in [2.75, 3.05) is 26.2 Å². The van der Waals surface area contributed by atoms with Gasteiger partial charge in [0, 0.05) is 33.1 Å². The number of alkyl halides is 3. The number of carbonyl (C=O) groups excluding carboxylic acids is 1. The van der Waals surface area contributed by atoms with Gasteiger partial charge >= 0.3 is 6.18 Å². The van der Waals surface area contributed by atoms with Gasteiger partial charge in [0.1, 0.15) is 5.82 Å². The van der Waals surface area contributed by atoms with Crippen LogP contribution in [0.25, 0.3) is 0 Å². The molecule has 1 atom stereocenters. The lowest BCUT2D eigenvalue weighted by Gasteiger charge is -2.33. The first kappa shape index (κ1) is 17.7. The Hall–Kier alpha value is -1.67. The predicted molar refractivity (Wildman–Crippen MR) is 75.1 cm³/mol. The van der Waals surface area contributed by atoms with Crippen molar-refractivity contribution in [2.45, 2.75) is 25.7 Å². The highest BCUT2D eigenvalue weighted by Gasteiger charge is 2.34. The van der Waals surface area contributed by atoms with E-state index in [2.05, 4.69) is 5.32 Å². The van der Waals surface area contributed by atoms with E-state index in [1.54, 1.807) is 4.90 Å². The number of amides is 1. The van der Waals surface area contributed by atoms with Crippen molar-refractivity contribution in [3.05, 3.63) is 35.1 Å². The molecule has 128 valence electrons. The summed E-state index contributed by atoms with van der Waals surface area (Å²) in [5, 5.41) is 2.62. The molecule has 1 saturated heterocycles. The van der Waals surface area contributed by atoms with E-state index in [0.29, 0.717) is 32.3 Å². The molecule has 1 aliphatic rings. The second-order valence-electron chi connectivity index (χ2n) is 5.46. The van der Waals surface area contributed by atoms with Crippen molar-refractivity contribution in [3.63, 3.8) is 0 Å². The molecule has 8 heteroatoms. The molecule has 23 heavy (non-hydrogen) atoms. The first-order valence-corrected chi connectivity index (χ1v) is 7.19. The molecular weight excluding hydrogens is 316 g/mol. The highest BCUT2D eigenvalue weighted by Crippen LogP contribution is 2.33. The van der Waals surface area contributed by atoms with Crippen LogP contribution in [0.3, 0.4) is 0 Å². The summed E-state index contributed by atoms with van der Waals surface area (Å²) in [6, 6.07) is 2.71. The molecule has 0 aliphatic carbocycles. The Balaban J connectivity index is 2.05. The maximum Gasteiger partial charge on any atom is 0.416 e. The summed E-state index contributed by atoms with van der Waals surface area (Å²) in [4.78, 5) is 12.7. The monoisotopic (exact) mass is 334 g/mol. The average Bonchev–Trinajstić information content (AvgIpc) is 2.46. The number of nitrogens with one attached hydrogen (secondary N) is 1. The first-order chi connectivity index (χ1) is 10.8. The van der Waals surface area contributed by atoms with Crippen LogP contribution >= 0.6 is 0 Å². The molecule has 0 bridgehead atoms. The van der Waals surface area contributed by atoms with Gasteiger partial charge in [-0.15, -0.1) is 0 Å². The van der Waals surface area contributed by atoms with E-state index in [1.807, 2.05) is 0 Å². The lowest BCUT2D eigenvalue weighted by atomic mass is 10.1. The quantitative estimate of drug-likeness (QED) is 0.858. The van der Waals surface area contributed by atoms with Crippen molar-refractivity contribution in [2.24, 2.45) is 0 Å². The van der Waals surface area contributed by atoms with Crippen LogP contribution in [-0.4, -0.2) is 43.2 Å². The van der Waals surface area contributed by atoms with Gasteiger partial charge in [-0.2, -0.15) is 13.2 Å². The van der Waals surface area contributed by atoms with Crippen LogP contribution < -0.4 is 5.32 Å². The number of hydrogen-bond donors (Lipinski definition) is 1. The Kier molecular flexibility index (Phi) is 5.59. The minimum atomic E-state index is -4.60. The highest BCUT2D eigenvalue weighted by molar-refractivity contribution is 5.72. The maximum absolute atomic E-state index is 13.1. The zero-order valence-corrected chi connectivity index (χ0v) is 12.6. The summed E-state index contributed by atoms with van der Waals surface area (Å²) in [7, 11) is 0. The number of rotatable bonds is 4. The molecule has 0 unspecified atom stereocenters. The third-order valence-electron chi connectivity index (χ3n) is 3.57. The smallest absolute Gasteiger partial charge is 0.374 e. The lowest BCUT2D eigenvalue weighted by molar-refractivity contribution is -0.138. The summed E-state index contributed by atoms with van der Waals surface area (Å²) in [6.07, 6.45) is -4.87. The minimum absolute atomic E-state index is 0.0269. The molecular formula is C15H18F4N2O2. The summed E-state index contributed by atoms with van der Waals surface area (Å²) in [5.41, 5.74) is -0.929. The number of halogens is 4. The number of ether oxygens (including phenoxy) is 1. The molecule has 0 radical (unpaired) electrons. The van der Waals surface area contributed by atoms with Crippen molar-refractivity contribution in [3.8, 4) is 0 Å². The predicted octanol–water partition coefficient (Wildman–Crippen LogP) is 2.18. The standard InChI is InChI=1S/C15H18F4N2O2/c1-10(22)20-7-13-9-21(4-5-23-13)8-11-2-3-12(16)6-14(11)15(17,18)19/h2-3,6,13H,4-5,7-9H2,1H3,(H,20,22)/t13-/m0/s1. The molecule has 1 aliphatic heterocycles. The molecule has 0 saturated carbocycles. The fourth-order valence-electron chi connectivity index (χ4n) is 2.50. The second kappa shape index (κ2) is 7.27. The fourth-order valence-corrected chi connectivity index (χ4v) is 2.50. The summed E-state index contributed by atoms with van der Waals surface area (Å²) < 4.78 is 57.6. The van der Waals surface area contributed by atoms with Crippen molar-refractivity contribution >= 4 is 5.91 Å². The van der Waals surface area contributed by atoms with E-state index >= 15 is 0 Å². The molecule has 1 fully saturated rings. The van der Waals surface area contributed by atoms with E-state index < -0.39 is 17.6 Å². The number of morpholine rings is 1. The normalized spacial score (nSPS) is 19.6. The van der Waals surface area contributed by atoms with Gasteiger partial charge in [0.05, 0.1) is 18.3 Å². The maximum atomic E-state index is 13.1. The van der Waals surface area contributed by atoms with Gasteiger partial charge in [0.2, 0.25) is 5.91 Å². The average molecular weight is 334 g/mol. The number of benzene rings is 1. The number of nitrogens with zero attached hydrogens (tertiary/aromatic N) is 1. The van der Waals surface area contributed by atoms with Gasteiger partial charge in [0.15, 0.2) is 0 Å². The SMILES string of the molecule is CC(=O)NC[C@H]1CN(Cc2ccc(F)cc2C(F)(F)F)CCO1. The van der Waals surface area contributed by atoms with Crippen LogP contribution in [-0.2, 0) is 22.3 Å². The number of hydrogen-bond acceptors (Lipinski definition) is 3. The van der Waals surface area contributed by atoms with E-state index in [4.69, 9.17) is 4.74 Å². The second-order valence-corrected chi connectivity index (χ2v) is 5.46. The summed E-state index contributed by atoms with van der Waals surface area (Å²) in [6.45, 7) is 2.98. The fraction of sp³-hybridized carbons (Fsp3) is 0.533. The minimum Gasteiger partial charge on any atom is -0.374 e. The summed E-state index contributed by atoms with van der Waals surface area (Å²) in [5.74, 6) is -1.10. The van der Waals surface area contributed by atoms with Gasteiger partial charge in [-0.3, -0.25) is 9.69 Å². The highest BCUT2D eigenvalue weighted by atomic mass is 19.4. The first-order valence-electron chi connectivity index (χ1n) is 7.19. The summed E-state index contributed by atoms with van der Waals surface area (Å²) >= 11 is 0. The molecule has 0 spiro atoms. The lowest BCUT2D eigenvalue weighted by Crippen LogP contribution is -2.47. The van der Waals surface area contributed by atoms with Gasteiger partial charge < -0.3 is 10.1 Å². The Labute approximate surface area is 131 Å². The van der Waals surface area contributed by atoms with E-state index in [-0.39, 0.29) is 24.1 Å². The van der Waals surface area contributed by atoms with Crippen LogP contribution in [0.15, 0.2) is 18.2 Å². The molecule has 1 heterocycles. The van der Waals surface area contributed by atoms with Crippen molar-refractivity contribution in [1.82, 2.24) is 10.2 Å². The largest absolute Gasteiger partial charge is 0.416 e. The molecule has 2 rings (SSSR count). The van der Waals surface area contributed by atoms with E-state index in [0.717, 1.165) is 12.1 Å². The topological polar surface area (TPSA) is 41.6 Å². The molecule has 4 nitrogen and oxygen atoms in total. The van der Waals surface area contributed by atoms with Crippen LogP contribution in [0.4, 0.5) is 17.6 Å². The van der Waals surface area contributed by atoms with Crippen molar-refractivity contribution in [1.29, 1.82) is 0 Å². The molecule has 1 aromatic carbocycles. The molecule has 1 N–H and O–H groups in total. The Morgan fingerprint density at radius 2 is 2.17 bits per heavy atom. The molecule has 1 aromatic rings. The molecule has 1 amide bonds. The van der Waals surface area contributed by atoms with E-state index in [1.165, 1.54) is 6.92 Å². The van der Waals surface area contributed by atoms with Crippen LogP contribution in [0.5, 0.6) is 0 Å². The Morgan fingerprint density at radius 3 is 2.83 bits per heavy atom. The zero-order valence-electron chi connectivity index (χ0n) is 12.6. The molecule has 0 aromatic heterocycles. The van der Waals surface area contributed by atoms with Crippen molar-refractivity contribution < 1.29 is 27.1 Å². The van der Waals surface area contributed by atoms with Gasteiger partial charge in [-0.05, 0) is 17.7 Å². The van der Waals surface area contributed by atoms with Gasteiger partial charge in [-0.25, -0.2) is 4.39 Å². The Morgan fingerprint density at radius 1 is 1.43 bits per heavy atom. The third kappa shape index (κ3) is 5.18. The van der Waals surface area contributed by atoms with Gasteiger partial charge in [-0.1, -0.05) is 6.07 Å². The van der Waals surface area contributed by atoms with E-state index in [9.17, 15) is 22.4 Å². The van der Waals surface area contributed by atoms with Gasteiger partial charge in [0.25, 0.3) is 0 Å². The van der Waals surface area contributed by atoms with Crippen LogP contribution in [0.1, 0.15) is 18.1 Å².